The maximum absolute atomic E-state index is 11.7. The van der Waals surface area contributed by atoms with Crippen LogP contribution in [0.5, 0.6) is 0 Å². The fraction of sp³-hybridized carbons (Fsp3) is 0.938. The number of carbonyl (C=O) groups is 1. The zero-order valence-electron chi connectivity index (χ0n) is 13.0. The van der Waals surface area contributed by atoms with Crippen LogP contribution in [0, 0.1) is 0 Å². The molecule has 0 aromatic rings. The Kier molecular flexibility index (Phi) is 12.1. The fourth-order valence-electron chi connectivity index (χ4n) is 2.20. The van der Waals surface area contributed by atoms with Crippen LogP contribution < -0.4 is 0 Å². The lowest BCUT2D eigenvalue weighted by Crippen LogP contribution is -2.31. The van der Waals surface area contributed by atoms with E-state index < -0.39 is 6.10 Å². The lowest BCUT2D eigenvalue weighted by Gasteiger charge is -2.22. The molecule has 0 amide bonds. The summed E-state index contributed by atoms with van der Waals surface area (Å²) in [5.74, 6) is -0.148. The largest absolute Gasteiger partial charge is 0.460 e. The molecule has 3 heteroatoms. The standard InChI is InChI=1S/C16H32O3/c1-4-7-8-9-10-13-16(18)19-15(12-6-3)14(17)11-5-2/h14-15,17H,4-13H2,1-3H3. The van der Waals surface area contributed by atoms with Gasteiger partial charge in [0.15, 0.2) is 0 Å². The molecule has 0 aromatic heterocycles. The van der Waals surface area contributed by atoms with Crippen LogP contribution in [-0.2, 0) is 9.53 Å². The molecule has 2 atom stereocenters. The Labute approximate surface area is 118 Å². The van der Waals surface area contributed by atoms with E-state index in [1.807, 2.05) is 13.8 Å². The summed E-state index contributed by atoms with van der Waals surface area (Å²) in [6, 6.07) is 0. The highest BCUT2D eigenvalue weighted by Crippen LogP contribution is 2.14. The Balaban J connectivity index is 3.89. The third kappa shape index (κ3) is 9.94. The van der Waals surface area contributed by atoms with Crippen molar-refractivity contribution in [3.63, 3.8) is 0 Å². The molecule has 0 saturated heterocycles. The molecule has 0 aliphatic heterocycles. The fourth-order valence-corrected chi connectivity index (χ4v) is 2.20. The highest BCUT2D eigenvalue weighted by atomic mass is 16.6. The van der Waals surface area contributed by atoms with Gasteiger partial charge in [-0.15, -0.1) is 0 Å². The van der Waals surface area contributed by atoms with E-state index in [4.69, 9.17) is 4.74 Å². The molecule has 0 aromatic carbocycles. The van der Waals surface area contributed by atoms with E-state index in [2.05, 4.69) is 6.92 Å². The number of hydrogen-bond acceptors (Lipinski definition) is 3. The van der Waals surface area contributed by atoms with Crippen molar-refractivity contribution in [1.82, 2.24) is 0 Å². The van der Waals surface area contributed by atoms with Crippen LogP contribution in [-0.4, -0.2) is 23.3 Å². The van der Waals surface area contributed by atoms with Crippen LogP contribution in [0.4, 0.5) is 0 Å². The molecule has 0 spiro atoms. The minimum Gasteiger partial charge on any atom is -0.460 e. The molecule has 0 heterocycles. The number of aliphatic hydroxyl groups is 1. The first-order chi connectivity index (χ1) is 9.15. The van der Waals surface area contributed by atoms with Gasteiger partial charge in [-0.25, -0.2) is 0 Å². The first-order valence-electron chi connectivity index (χ1n) is 8.03. The first-order valence-corrected chi connectivity index (χ1v) is 8.03. The van der Waals surface area contributed by atoms with E-state index in [0.717, 1.165) is 32.1 Å². The molecule has 0 rings (SSSR count). The monoisotopic (exact) mass is 272 g/mol. The zero-order valence-corrected chi connectivity index (χ0v) is 13.0. The molecule has 0 fully saturated rings. The summed E-state index contributed by atoms with van der Waals surface area (Å²) in [4.78, 5) is 11.7. The van der Waals surface area contributed by atoms with Gasteiger partial charge < -0.3 is 9.84 Å². The number of ether oxygens (including phenoxy) is 1. The Morgan fingerprint density at radius 3 is 2.16 bits per heavy atom. The maximum atomic E-state index is 11.7. The van der Waals surface area contributed by atoms with Gasteiger partial charge in [0, 0.05) is 6.42 Å². The van der Waals surface area contributed by atoms with Gasteiger partial charge in [-0.05, 0) is 19.3 Å². The van der Waals surface area contributed by atoms with Crippen molar-refractivity contribution in [1.29, 1.82) is 0 Å². The summed E-state index contributed by atoms with van der Waals surface area (Å²) in [5, 5.41) is 9.95. The Hall–Kier alpha value is -0.570. The van der Waals surface area contributed by atoms with Crippen LogP contribution in [0.2, 0.25) is 0 Å². The maximum Gasteiger partial charge on any atom is 0.306 e. The summed E-state index contributed by atoms with van der Waals surface area (Å²) in [6.07, 6.45) is 8.61. The zero-order chi connectivity index (χ0) is 14.5. The van der Waals surface area contributed by atoms with Crippen LogP contribution in [0.25, 0.3) is 0 Å². The van der Waals surface area contributed by atoms with Crippen LogP contribution in [0.3, 0.4) is 0 Å². The minimum atomic E-state index is -0.506. The molecule has 19 heavy (non-hydrogen) atoms. The lowest BCUT2D eigenvalue weighted by atomic mass is 10.0. The smallest absolute Gasteiger partial charge is 0.306 e. The summed E-state index contributed by atoms with van der Waals surface area (Å²) in [5.41, 5.74) is 0. The Bertz CT molecular complexity index is 216. The van der Waals surface area contributed by atoms with Gasteiger partial charge in [-0.2, -0.15) is 0 Å². The molecule has 2 unspecified atom stereocenters. The summed E-state index contributed by atoms with van der Waals surface area (Å²) in [6.45, 7) is 6.25. The molecule has 0 bridgehead atoms. The van der Waals surface area contributed by atoms with Gasteiger partial charge in [0.2, 0.25) is 0 Å². The van der Waals surface area contributed by atoms with Gasteiger partial charge in [-0.1, -0.05) is 59.3 Å². The van der Waals surface area contributed by atoms with Crippen molar-refractivity contribution in [2.24, 2.45) is 0 Å². The third-order valence-corrected chi connectivity index (χ3v) is 3.35. The molecular formula is C16H32O3. The van der Waals surface area contributed by atoms with E-state index in [-0.39, 0.29) is 12.1 Å². The van der Waals surface area contributed by atoms with Crippen molar-refractivity contribution in [3.05, 3.63) is 0 Å². The second-order valence-corrected chi connectivity index (χ2v) is 5.34. The van der Waals surface area contributed by atoms with Crippen molar-refractivity contribution < 1.29 is 14.6 Å². The highest BCUT2D eigenvalue weighted by molar-refractivity contribution is 5.69. The number of rotatable bonds is 12. The van der Waals surface area contributed by atoms with Gasteiger partial charge in [-0.3, -0.25) is 4.79 Å². The van der Waals surface area contributed by atoms with E-state index in [1.165, 1.54) is 19.3 Å². The van der Waals surface area contributed by atoms with Gasteiger partial charge in [0.25, 0.3) is 0 Å². The van der Waals surface area contributed by atoms with Gasteiger partial charge in [0.1, 0.15) is 6.10 Å². The molecule has 3 nitrogen and oxygen atoms in total. The molecular weight excluding hydrogens is 240 g/mol. The number of unbranched alkanes of at least 4 members (excludes halogenated alkanes) is 4. The van der Waals surface area contributed by atoms with Gasteiger partial charge >= 0.3 is 5.97 Å². The average molecular weight is 272 g/mol. The quantitative estimate of drug-likeness (QED) is 0.427. The van der Waals surface area contributed by atoms with Crippen LogP contribution >= 0.6 is 0 Å². The SMILES string of the molecule is CCCCCCCC(=O)OC(CCC)C(O)CCC. The Morgan fingerprint density at radius 1 is 0.947 bits per heavy atom. The number of esters is 1. The molecule has 1 N–H and O–H groups in total. The normalized spacial score (nSPS) is 14.1. The first kappa shape index (κ1) is 18.4. The second kappa shape index (κ2) is 12.5. The van der Waals surface area contributed by atoms with E-state index in [0.29, 0.717) is 12.8 Å². The lowest BCUT2D eigenvalue weighted by molar-refractivity contribution is -0.156. The number of hydrogen-bond donors (Lipinski definition) is 1. The van der Waals surface area contributed by atoms with E-state index >= 15 is 0 Å². The predicted molar refractivity (Wildman–Crippen MR) is 79.1 cm³/mol. The molecule has 0 aliphatic rings. The number of carbonyl (C=O) groups excluding carboxylic acids is 1. The predicted octanol–water partition coefficient (Wildman–Crippen LogP) is 4.22. The third-order valence-electron chi connectivity index (χ3n) is 3.35. The topological polar surface area (TPSA) is 46.5 Å². The summed E-state index contributed by atoms with van der Waals surface area (Å²) >= 11 is 0. The number of aliphatic hydroxyl groups excluding tert-OH is 1. The van der Waals surface area contributed by atoms with E-state index in [1.54, 1.807) is 0 Å². The second-order valence-electron chi connectivity index (χ2n) is 5.34. The van der Waals surface area contributed by atoms with Crippen LogP contribution in [0.1, 0.15) is 85.0 Å². The average Bonchev–Trinajstić information content (AvgIpc) is 2.38. The summed E-state index contributed by atoms with van der Waals surface area (Å²) < 4.78 is 5.42. The molecule has 114 valence electrons. The van der Waals surface area contributed by atoms with Crippen molar-refractivity contribution in [3.8, 4) is 0 Å². The van der Waals surface area contributed by atoms with Crippen molar-refractivity contribution >= 4 is 5.97 Å². The van der Waals surface area contributed by atoms with E-state index in [9.17, 15) is 9.90 Å². The van der Waals surface area contributed by atoms with Crippen molar-refractivity contribution in [2.75, 3.05) is 0 Å². The van der Waals surface area contributed by atoms with Gasteiger partial charge in [0.05, 0.1) is 6.10 Å². The molecule has 0 radical (unpaired) electrons. The highest BCUT2D eigenvalue weighted by Gasteiger charge is 2.21. The molecule has 0 saturated carbocycles. The summed E-state index contributed by atoms with van der Waals surface area (Å²) in [7, 11) is 0. The molecule has 0 aliphatic carbocycles. The van der Waals surface area contributed by atoms with Crippen LogP contribution in [0.15, 0.2) is 0 Å². The minimum absolute atomic E-state index is 0.148. The van der Waals surface area contributed by atoms with Crippen molar-refractivity contribution in [2.45, 2.75) is 97.2 Å². The Morgan fingerprint density at radius 2 is 1.58 bits per heavy atom.